The van der Waals surface area contributed by atoms with Crippen LogP contribution in [0.2, 0.25) is 10.3 Å². The van der Waals surface area contributed by atoms with Crippen LogP contribution < -0.4 is 9.84 Å². The van der Waals surface area contributed by atoms with Crippen molar-refractivity contribution in [1.82, 2.24) is 9.97 Å². The molecule has 0 saturated heterocycles. The highest BCUT2D eigenvalue weighted by atomic mass is 35.5. The Balaban J connectivity index is 2.36. The Morgan fingerprint density at radius 2 is 2.10 bits per heavy atom. The fourth-order valence-electron chi connectivity index (χ4n) is 1.60. The minimum Gasteiger partial charge on any atom is -0.472 e. The Hall–Kier alpha value is -1.13. The maximum Gasteiger partial charge on any atom is 0.224 e. The second-order valence-corrected chi connectivity index (χ2v) is 6.91. The van der Waals surface area contributed by atoms with Crippen LogP contribution in [0, 0.1) is 0 Å². The Kier molecular flexibility index (Phi) is 5.59. The number of anilines is 2. The van der Waals surface area contributed by atoms with Gasteiger partial charge in [0, 0.05) is 0 Å². The van der Waals surface area contributed by atoms with Crippen LogP contribution in [0.15, 0.2) is 24.4 Å². The first kappa shape index (κ1) is 16.2. The van der Waals surface area contributed by atoms with E-state index in [4.69, 9.17) is 27.7 Å². The zero-order valence-corrected chi connectivity index (χ0v) is 13.9. The van der Waals surface area contributed by atoms with Gasteiger partial charge in [0.15, 0.2) is 5.82 Å². The molecule has 21 heavy (non-hydrogen) atoms. The number of hydrogen-bond acceptors (Lipinski definition) is 5. The fraction of sp³-hybridized carbons (Fsp3) is 0.231. The van der Waals surface area contributed by atoms with Gasteiger partial charge >= 0.3 is 0 Å². The van der Waals surface area contributed by atoms with Crippen LogP contribution in [0.1, 0.15) is 5.56 Å². The number of aliphatic hydroxyl groups is 1. The van der Waals surface area contributed by atoms with Gasteiger partial charge in [0.2, 0.25) is 5.28 Å². The maximum atomic E-state index is 9.23. The molecule has 0 aliphatic rings. The number of benzene rings is 1. The van der Waals surface area contributed by atoms with Gasteiger partial charge in [0.1, 0.15) is 10.8 Å². The third-order valence-electron chi connectivity index (χ3n) is 2.48. The van der Waals surface area contributed by atoms with Gasteiger partial charge in [-0.3, -0.25) is 0 Å². The predicted octanol–water partition coefficient (Wildman–Crippen LogP) is 4.05. The van der Waals surface area contributed by atoms with Gasteiger partial charge in [0.05, 0.1) is 26.6 Å². The van der Waals surface area contributed by atoms with E-state index in [2.05, 4.69) is 15.3 Å². The molecule has 0 radical (unpaired) electrons. The normalized spacial score (nSPS) is 10.8. The monoisotopic (exact) mass is 345 g/mol. The summed E-state index contributed by atoms with van der Waals surface area (Å²) in [5.41, 5.74) is 1.46. The van der Waals surface area contributed by atoms with Gasteiger partial charge in [-0.25, -0.2) is 4.98 Å². The lowest BCUT2D eigenvalue weighted by Crippen LogP contribution is -1.99. The lowest BCUT2D eigenvalue weighted by Gasteiger charge is -2.16. The van der Waals surface area contributed by atoms with E-state index in [0.717, 1.165) is 5.56 Å². The minimum atomic E-state index is -0.612. The summed E-state index contributed by atoms with van der Waals surface area (Å²) < 4.78 is 5.80. The van der Waals surface area contributed by atoms with E-state index >= 15 is 0 Å². The first-order chi connectivity index (χ1) is 9.99. The second-order valence-electron chi connectivity index (χ2n) is 4.35. The van der Waals surface area contributed by atoms with E-state index in [0.29, 0.717) is 22.3 Å². The van der Waals surface area contributed by atoms with Crippen molar-refractivity contribution in [1.29, 1.82) is 0 Å². The molecular weight excluding hydrogens is 332 g/mol. The zero-order chi connectivity index (χ0) is 15.4. The summed E-state index contributed by atoms with van der Waals surface area (Å²) in [7, 11) is -0.612. The molecule has 0 aliphatic heterocycles. The summed E-state index contributed by atoms with van der Waals surface area (Å²) in [6, 6.07) is 5.37. The molecule has 1 aromatic carbocycles. The summed E-state index contributed by atoms with van der Waals surface area (Å²) in [5, 5.41) is 12.8. The Labute approximate surface area is 134 Å². The van der Waals surface area contributed by atoms with Crippen molar-refractivity contribution in [3.8, 4) is 5.75 Å². The summed E-state index contributed by atoms with van der Waals surface area (Å²) >= 11 is 11.8. The van der Waals surface area contributed by atoms with Gasteiger partial charge in [-0.1, -0.05) is 17.7 Å². The molecule has 0 bridgehead atoms. The topological polar surface area (TPSA) is 67.3 Å². The molecule has 0 spiro atoms. The highest BCUT2D eigenvalue weighted by Gasteiger charge is 2.11. The van der Waals surface area contributed by atoms with Crippen LogP contribution in [-0.2, 0) is 6.61 Å². The first-order valence-corrected chi connectivity index (χ1v) is 8.94. The Bertz CT molecular complexity index is 641. The average molecular weight is 346 g/mol. The molecule has 2 N–H and O–H groups in total. The highest BCUT2D eigenvalue weighted by molar-refractivity contribution is 7.51. The number of hydrogen-bond donors (Lipinski definition) is 2. The van der Waals surface area contributed by atoms with E-state index < -0.39 is 8.15 Å². The van der Waals surface area contributed by atoms with Gasteiger partial charge in [-0.05, 0) is 42.6 Å². The van der Waals surface area contributed by atoms with Crippen molar-refractivity contribution >= 4 is 42.9 Å². The SMILES string of the molecule is CP(C)Oc1cc(CO)ccc1Nc1nc(Cl)ncc1Cl. The zero-order valence-electron chi connectivity index (χ0n) is 11.5. The fourth-order valence-corrected chi connectivity index (χ4v) is 2.42. The smallest absolute Gasteiger partial charge is 0.224 e. The van der Waals surface area contributed by atoms with Crippen LogP contribution in [-0.4, -0.2) is 28.4 Å². The summed E-state index contributed by atoms with van der Waals surface area (Å²) in [6.45, 7) is 3.92. The van der Waals surface area contributed by atoms with Crippen molar-refractivity contribution in [3.05, 3.63) is 40.3 Å². The lowest BCUT2D eigenvalue weighted by molar-refractivity contribution is 0.281. The predicted molar refractivity (Wildman–Crippen MR) is 87.1 cm³/mol. The molecule has 112 valence electrons. The largest absolute Gasteiger partial charge is 0.472 e. The number of aliphatic hydroxyl groups excluding tert-OH is 1. The van der Waals surface area contributed by atoms with Crippen LogP contribution >= 0.6 is 31.4 Å². The standard InChI is InChI=1S/C13H14Cl2N3O2P/c1-21(2)20-11-5-8(7-19)3-4-10(11)17-12-9(14)6-16-13(15)18-12/h3-6,19H,7H2,1-2H3,(H,16,17,18). The van der Waals surface area contributed by atoms with Gasteiger partial charge < -0.3 is 14.9 Å². The molecule has 8 heteroatoms. The minimum absolute atomic E-state index is 0.0535. The maximum absolute atomic E-state index is 9.23. The molecule has 0 fully saturated rings. The van der Waals surface area contributed by atoms with E-state index in [-0.39, 0.29) is 11.9 Å². The lowest BCUT2D eigenvalue weighted by atomic mass is 10.2. The van der Waals surface area contributed by atoms with Crippen molar-refractivity contribution in [3.63, 3.8) is 0 Å². The molecule has 5 nitrogen and oxygen atoms in total. The van der Waals surface area contributed by atoms with Gasteiger partial charge in [-0.2, -0.15) is 4.98 Å². The third kappa shape index (κ3) is 4.42. The van der Waals surface area contributed by atoms with E-state index in [1.165, 1.54) is 6.20 Å². The molecule has 0 unspecified atom stereocenters. The third-order valence-corrected chi connectivity index (χ3v) is 3.50. The van der Waals surface area contributed by atoms with Gasteiger partial charge in [0.25, 0.3) is 0 Å². The quantitative estimate of drug-likeness (QED) is 0.631. The molecule has 1 aromatic heterocycles. The molecule has 2 rings (SSSR count). The van der Waals surface area contributed by atoms with Crippen molar-refractivity contribution in [2.75, 3.05) is 18.6 Å². The van der Waals surface area contributed by atoms with Crippen LogP contribution in [0.25, 0.3) is 0 Å². The molecule has 2 aromatic rings. The number of nitrogens with zero attached hydrogens (tertiary/aromatic N) is 2. The van der Waals surface area contributed by atoms with Crippen LogP contribution in [0.3, 0.4) is 0 Å². The number of nitrogens with one attached hydrogen (secondary N) is 1. The second kappa shape index (κ2) is 7.23. The van der Waals surface area contributed by atoms with Crippen molar-refractivity contribution in [2.24, 2.45) is 0 Å². The molecular formula is C13H14Cl2N3O2P. The first-order valence-electron chi connectivity index (χ1n) is 6.03. The van der Waals surface area contributed by atoms with E-state index in [1.54, 1.807) is 18.2 Å². The Morgan fingerprint density at radius 3 is 2.76 bits per heavy atom. The van der Waals surface area contributed by atoms with Gasteiger partial charge in [-0.15, -0.1) is 0 Å². The highest BCUT2D eigenvalue weighted by Crippen LogP contribution is 2.38. The summed E-state index contributed by atoms with van der Waals surface area (Å²) in [6.07, 6.45) is 1.42. The summed E-state index contributed by atoms with van der Waals surface area (Å²) in [4.78, 5) is 7.84. The van der Waals surface area contributed by atoms with Crippen molar-refractivity contribution < 1.29 is 9.63 Å². The molecule has 1 heterocycles. The molecule has 0 saturated carbocycles. The van der Waals surface area contributed by atoms with E-state index in [1.807, 2.05) is 13.3 Å². The Morgan fingerprint density at radius 1 is 1.33 bits per heavy atom. The number of halogens is 2. The van der Waals surface area contributed by atoms with Crippen LogP contribution in [0.5, 0.6) is 5.75 Å². The van der Waals surface area contributed by atoms with Crippen LogP contribution in [0.4, 0.5) is 11.5 Å². The van der Waals surface area contributed by atoms with Crippen molar-refractivity contribution in [2.45, 2.75) is 6.61 Å². The summed E-state index contributed by atoms with van der Waals surface area (Å²) in [5.74, 6) is 1.03. The number of aromatic nitrogens is 2. The molecule has 0 aliphatic carbocycles. The molecule has 0 atom stereocenters. The number of rotatable bonds is 5. The molecule has 0 amide bonds. The van der Waals surface area contributed by atoms with E-state index in [9.17, 15) is 5.11 Å². The average Bonchev–Trinajstić information content (AvgIpc) is 2.44.